The SMILES string of the molecule is CCCOc1nc(NC)nc(NC(CC)(CC)CC)n1. The zero-order valence-corrected chi connectivity index (χ0v) is 13.3. The lowest BCUT2D eigenvalue weighted by molar-refractivity contribution is 0.291. The quantitative estimate of drug-likeness (QED) is 0.724. The molecule has 20 heavy (non-hydrogen) atoms. The number of hydrogen-bond donors (Lipinski definition) is 2. The highest BCUT2D eigenvalue weighted by Crippen LogP contribution is 2.24. The van der Waals surface area contributed by atoms with Crippen molar-refractivity contribution < 1.29 is 4.74 Å². The van der Waals surface area contributed by atoms with Crippen LogP contribution in [-0.2, 0) is 0 Å². The van der Waals surface area contributed by atoms with Gasteiger partial charge in [-0.1, -0.05) is 27.7 Å². The van der Waals surface area contributed by atoms with Gasteiger partial charge in [-0.25, -0.2) is 0 Å². The number of nitrogens with zero attached hydrogens (tertiary/aromatic N) is 3. The molecule has 0 fully saturated rings. The second kappa shape index (κ2) is 7.87. The standard InChI is InChI=1S/C14H27N5O/c1-6-10-20-13-17-11(15-5)16-12(18-13)19-14(7-2,8-3)9-4/h6-10H2,1-5H3,(H2,15,16,17,18,19). The van der Waals surface area contributed by atoms with Gasteiger partial charge in [-0.3, -0.25) is 0 Å². The summed E-state index contributed by atoms with van der Waals surface area (Å²) in [6, 6.07) is 0.367. The van der Waals surface area contributed by atoms with E-state index in [4.69, 9.17) is 4.74 Å². The van der Waals surface area contributed by atoms with Crippen molar-refractivity contribution >= 4 is 11.9 Å². The van der Waals surface area contributed by atoms with E-state index in [1.807, 2.05) is 0 Å². The Labute approximate surface area is 121 Å². The first kappa shape index (κ1) is 16.5. The van der Waals surface area contributed by atoms with Crippen LogP contribution in [0.15, 0.2) is 0 Å². The highest BCUT2D eigenvalue weighted by atomic mass is 16.5. The monoisotopic (exact) mass is 281 g/mol. The molecule has 0 amide bonds. The lowest BCUT2D eigenvalue weighted by Gasteiger charge is -2.31. The normalized spacial score (nSPS) is 11.2. The first-order valence-electron chi connectivity index (χ1n) is 7.47. The Morgan fingerprint density at radius 3 is 2.05 bits per heavy atom. The molecule has 0 bridgehead atoms. The molecule has 0 aliphatic heterocycles. The molecule has 6 heteroatoms. The van der Waals surface area contributed by atoms with Gasteiger partial charge in [-0.05, 0) is 25.7 Å². The minimum atomic E-state index is 0.0222. The Bertz CT molecular complexity index is 398. The van der Waals surface area contributed by atoms with Gasteiger partial charge in [-0.2, -0.15) is 15.0 Å². The van der Waals surface area contributed by atoms with E-state index >= 15 is 0 Å². The highest BCUT2D eigenvalue weighted by molar-refractivity contribution is 5.37. The van der Waals surface area contributed by atoms with E-state index in [1.54, 1.807) is 7.05 Å². The zero-order valence-electron chi connectivity index (χ0n) is 13.3. The lowest BCUT2D eigenvalue weighted by atomic mass is 9.90. The summed E-state index contributed by atoms with van der Waals surface area (Å²) in [6.07, 6.45) is 3.98. The molecule has 0 spiro atoms. The average Bonchev–Trinajstić information content (AvgIpc) is 2.50. The summed E-state index contributed by atoms with van der Waals surface area (Å²) in [6.45, 7) is 9.18. The summed E-state index contributed by atoms with van der Waals surface area (Å²) in [5, 5.41) is 6.39. The molecular formula is C14H27N5O. The average molecular weight is 281 g/mol. The van der Waals surface area contributed by atoms with E-state index in [0.717, 1.165) is 25.7 Å². The molecule has 114 valence electrons. The van der Waals surface area contributed by atoms with Crippen LogP contribution in [0.1, 0.15) is 53.4 Å². The zero-order chi connectivity index (χ0) is 15.0. The van der Waals surface area contributed by atoms with Gasteiger partial charge in [0, 0.05) is 12.6 Å². The van der Waals surface area contributed by atoms with Crippen molar-refractivity contribution in [2.24, 2.45) is 0 Å². The molecule has 0 aliphatic carbocycles. The van der Waals surface area contributed by atoms with Crippen molar-refractivity contribution in [1.29, 1.82) is 0 Å². The van der Waals surface area contributed by atoms with Crippen LogP contribution in [0.4, 0.5) is 11.9 Å². The van der Waals surface area contributed by atoms with Crippen LogP contribution in [0, 0.1) is 0 Å². The third-order valence-electron chi connectivity index (χ3n) is 3.68. The van der Waals surface area contributed by atoms with E-state index in [1.165, 1.54) is 0 Å². The summed E-state index contributed by atoms with van der Waals surface area (Å²) in [4.78, 5) is 12.9. The van der Waals surface area contributed by atoms with Crippen LogP contribution >= 0.6 is 0 Å². The lowest BCUT2D eigenvalue weighted by Crippen LogP contribution is -2.37. The topological polar surface area (TPSA) is 72.0 Å². The van der Waals surface area contributed by atoms with Gasteiger partial charge in [0.1, 0.15) is 0 Å². The van der Waals surface area contributed by atoms with Gasteiger partial charge >= 0.3 is 6.01 Å². The molecule has 0 aliphatic rings. The predicted molar refractivity (Wildman–Crippen MR) is 82.4 cm³/mol. The fraction of sp³-hybridized carbons (Fsp3) is 0.786. The number of nitrogens with one attached hydrogen (secondary N) is 2. The van der Waals surface area contributed by atoms with Crippen molar-refractivity contribution in [3.05, 3.63) is 0 Å². The molecular weight excluding hydrogens is 254 g/mol. The summed E-state index contributed by atoms with van der Waals surface area (Å²) in [5.74, 6) is 1.09. The summed E-state index contributed by atoms with van der Waals surface area (Å²) >= 11 is 0. The fourth-order valence-corrected chi connectivity index (χ4v) is 2.03. The van der Waals surface area contributed by atoms with Crippen LogP contribution in [0.25, 0.3) is 0 Å². The number of rotatable bonds is 9. The van der Waals surface area contributed by atoms with Crippen LogP contribution in [0.3, 0.4) is 0 Å². The molecule has 6 nitrogen and oxygen atoms in total. The minimum Gasteiger partial charge on any atom is -0.463 e. The second-order valence-corrected chi connectivity index (χ2v) is 4.83. The molecule has 1 heterocycles. The van der Waals surface area contributed by atoms with E-state index in [2.05, 4.69) is 53.3 Å². The van der Waals surface area contributed by atoms with E-state index in [-0.39, 0.29) is 5.54 Å². The summed E-state index contributed by atoms with van der Waals surface area (Å²) < 4.78 is 5.51. The summed E-state index contributed by atoms with van der Waals surface area (Å²) in [7, 11) is 1.79. The molecule has 1 aromatic heterocycles. The molecule has 2 N–H and O–H groups in total. The van der Waals surface area contributed by atoms with Gasteiger partial charge in [-0.15, -0.1) is 0 Å². The molecule has 1 aromatic rings. The van der Waals surface area contributed by atoms with Gasteiger partial charge in [0.2, 0.25) is 11.9 Å². The van der Waals surface area contributed by atoms with Gasteiger partial charge in [0.05, 0.1) is 6.61 Å². The maximum Gasteiger partial charge on any atom is 0.323 e. The van der Waals surface area contributed by atoms with Gasteiger partial charge in [0.15, 0.2) is 0 Å². The first-order valence-corrected chi connectivity index (χ1v) is 7.47. The maximum atomic E-state index is 5.51. The van der Waals surface area contributed by atoms with Crippen LogP contribution < -0.4 is 15.4 Å². The Hall–Kier alpha value is -1.59. The number of hydrogen-bond acceptors (Lipinski definition) is 6. The molecule has 0 atom stereocenters. The maximum absolute atomic E-state index is 5.51. The number of ether oxygens (including phenoxy) is 1. The van der Waals surface area contributed by atoms with Crippen LogP contribution in [0.2, 0.25) is 0 Å². The largest absolute Gasteiger partial charge is 0.463 e. The molecule has 1 rings (SSSR count). The first-order chi connectivity index (χ1) is 9.62. The second-order valence-electron chi connectivity index (χ2n) is 4.83. The van der Waals surface area contributed by atoms with Crippen molar-refractivity contribution in [2.75, 3.05) is 24.3 Å². The Morgan fingerprint density at radius 2 is 1.55 bits per heavy atom. The number of aromatic nitrogens is 3. The van der Waals surface area contributed by atoms with Crippen LogP contribution in [0.5, 0.6) is 6.01 Å². The minimum absolute atomic E-state index is 0.0222. The fourth-order valence-electron chi connectivity index (χ4n) is 2.03. The van der Waals surface area contributed by atoms with Crippen LogP contribution in [-0.4, -0.2) is 34.1 Å². The summed E-state index contributed by atoms with van der Waals surface area (Å²) in [5.41, 5.74) is 0.0222. The van der Waals surface area contributed by atoms with E-state index < -0.39 is 0 Å². The third-order valence-corrected chi connectivity index (χ3v) is 3.68. The van der Waals surface area contributed by atoms with Crippen molar-refractivity contribution in [2.45, 2.75) is 58.9 Å². The van der Waals surface area contributed by atoms with Gasteiger partial charge in [0.25, 0.3) is 0 Å². The highest BCUT2D eigenvalue weighted by Gasteiger charge is 2.25. The number of anilines is 2. The molecule has 0 unspecified atom stereocenters. The smallest absolute Gasteiger partial charge is 0.323 e. The van der Waals surface area contributed by atoms with Crippen molar-refractivity contribution in [3.8, 4) is 6.01 Å². The molecule has 0 radical (unpaired) electrons. The molecule has 0 saturated heterocycles. The Kier molecular flexibility index (Phi) is 6.48. The van der Waals surface area contributed by atoms with Gasteiger partial charge < -0.3 is 15.4 Å². The molecule has 0 aromatic carbocycles. The predicted octanol–water partition coefficient (Wildman–Crippen LogP) is 3.08. The third kappa shape index (κ3) is 4.21. The van der Waals surface area contributed by atoms with Crippen molar-refractivity contribution in [3.63, 3.8) is 0 Å². The van der Waals surface area contributed by atoms with E-state index in [0.29, 0.717) is 24.5 Å². The van der Waals surface area contributed by atoms with Crippen molar-refractivity contribution in [1.82, 2.24) is 15.0 Å². The Morgan fingerprint density at radius 1 is 0.950 bits per heavy atom. The van der Waals surface area contributed by atoms with E-state index in [9.17, 15) is 0 Å². The Balaban J connectivity index is 2.98. The molecule has 0 saturated carbocycles.